The SMILES string of the molecule is O=C(N[C@@H]1CC[C@@H]2OCCO[C@@H]2C1)C1CC1. The zero-order valence-corrected chi connectivity index (χ0v) is 9.48. The molecular formula is C12H19NO3. The molecule has 0 radical (unpaired) electrons. The number of carbonyl (C=O) groups is 1. The molecular weight excluding hydrogens is 206 g/mol. The van der Waals surface area contributed by atoms with Gasteiger partial charge in [0.2, 0.25) is 5.91 Å². The van der Waals surface area contributed by atoms with Crippen LogP contribution in [0.15, 0.2) is 0 Å². The summed E-state index contributed by atoms with van der Waals surface area (Å²) in [7, 11) is 0. The van der Waals surface area contributed by atoms with E-state index in [0.29, 0.717) is 18.6 Å². The Bertz CT molecular complexity index is 277. The molecule has 0 aromatic carbocycles. The van der Waals surface area contributed by atoms with E-state index in [1.165, 1.54) is 0 Å². The van der Waals surface area contributed by atoms with Gasteiger partial charge >= 0.3 is 0 Å². The number of hydrogen-bond acceptors (Lipinski definition) is 3. The van der Waals surface area contributed by atoms with E-state index in [0.717, 1.165) is 38.7 Å². The quantitative estimate of drug-likeness (QED) is 0.758. The van der Waals surface area contributed by atoms with Crippen LogP contribution < -0.4 is 5.32 Å². The number of ether oxygens (including phenoxy) is 2. The van der Waals surface area contributed by atoms with Gasteiger partial charge in [0, 0.05) is 12.0 Å². The van der Waals surface area contributed by atoms with E-state index >= 15 is 0 Å². The van der Waals surface area contributed by atoms with Crippen molar-refractivity contribution in [2.45, 2.75) is 50.4 Å². The molecule has 3 aliphatic rings. The van der Waals surface area contributed by atoms with E-state index in [1.54, 1.807) is 0 Å². The topological polar surface area (TPSA) is 47.6 Å². The predicted octanol–water partition coefficient (Wildman–Crippen LogP) is 0.849. The average molecular weight is 225 g/mol. The Hall–Kier alpha value is -0.610. The van der Waals surface area contributed by atoms with E-state index < -0.39 is 0 Å². The minimum atomic E-state index is 0.201. The van der Waals surface area contributed by atoms with Gasteiger partial charge in [-0.25, -0.2) is 0 Å². The van der Waals surface area contributed by atoms with Gasteiger partial charge in [-0.15, -0.1) is 0 Å². The van der Waals surface area contributed by atoms with Crippen LogP contribution in [0.25, 0.3) is 0 Å². The maximum absolute atomic E-state index is 11.7. The van der Waals surface area contributed by atoms with Crippen LogP contribution >= 0.6 is 0 Å². The summed E-state index contributed by atoms with van der Waals surface area (Å²) in [5.41, 5.74) is 0. The van der Waals surface area contributed by atoms with Crippen molar-refractivity contribution in [2.75, 3.05) is 13.2 Å². The van der Waals surface area contributed by atoms with Crippen molar-refractivity contribution in [3.05, 3.63) is 0 Å². The summed E-state index contributed by atoms with van der Waals surface area (Å²) in [6.45, 7) is 1.42. The molecule has 1 N–H and O–H groups in total. The first-order valence-electron chi connectivity index (χ1n) is 6.36. The van der Waals surface area contributed by atoms with Crippen LogP contribution in [-0.2, 0) is 14.3 Å². The zero-order chi connectivity index (χ0) is 11.0. The summed E-state index contributed by atoms with van der Waals surface area (Å²) in [5.74, 6) is 0.557. The fourth-order valence-electron chi connectivity index (χ4n) is 2.66. The Kier molecular flexibility index (Phi) is 2.86. The lowest BCUT2D eigenvalue weighted by Gasteiger charge is -2.39. The summed E-state index contributed by atoms with van der Waals surface area (Å²) in [5, 5.41) is 3.14. The van der Waals surface area contributed by atoms with Crippen LogP contribution in [-0.4, -0.2) is 37.4 Å². The van der Waals surface area contributed by atoms with Gasteiger partial charge in [-0.1, -0.05) is 0 Å². The lowest BCUT2D eigenvalue weighted by atomic mass is 9.89. The third kappa shape index (κ3) is 2.23. The predicted molar refractivity (Wildman–Crippen MR) is 58.0 cm³/mol. The fourth-order valence-corrected chi connectivity index (χ4v) is 2.66. The summed E-state index contributed by atoms with van der Waals surface area (Å²) < 4.78 is 11.4. The van der Waals surface area contributed by atoms with Gasteiger partial charge in [-0.3, -0.25) is 4.79 Å². The van der Waals surface area contributed by atoms with Gasteiger partial charge in [-0.2, -0.15) is 0 Å². The number of fused-ring (bicyclic) bond motifs is 1. The average Bonchev–Trinajstić information content (AvgIpc) is 3.12. The molecule has 2 saturated carbocycles. The summed E-state index contributed by atoms with van der Waals surface area (Å²) in [4.78, 5) is 11.7. The van der Waals surface area contributed by atoms with Gasteiger partial charge in [0.15, 0.2) is 0 Å². The molecule has 0 bridgehead atoms. The first-order chi connectivity index (χ1) is 7.83. The van der Waals surface area contributed by atoms with Crippen LogP contribution in [0, 0.1) is 5.92 Å². The number of rotatable bonds is 2. The molecule has 0 aromatic rings. The highest BCUT2D eigenvalue weighted by Crippen LogP contribution is 2.31. The molecule has 2 aliphatic carbocycles. The van der Waals surface area contributed by atoms with Crippen molar-refractivity contribution in [2.24, 2.45) is 5.92 Å². The second kappa shape index (κ2) is 4.34. The molecule has 0 unspecified atom stereocenters. The monoisotopic (exact) mass is 225 g/mol. The molecule has 1 heterocycles. The molecule has 1 aliphatic heterocycles. The van der Waals surface area contributed by atoms with Crippen molar-refractivity contribution in [1.29, 1.82) is 0 Å². The smallest absolute Gasteiger partial charge is 0.223 e. The van der Waals surface area contributed by atoms with E-state index in [1.807, 2.05) is 0 Å². The van der Waals surface area contributed by atoms with E-state index in [9.17, 15) is 4.79 Å². The van der Waals surface area contributed by atoms with Crippen LogP contribution in [0.2, 0.25) is 0 Å². The van der Waals surface area contributed by atoms with Crippen molar-refractivity contribution in [3.63, 3.8) is 0 Å². The van der Waals surface area contributed by atoms with Crippen LogP contribution in [0.3, 0.4) is 0 Å². The largest absolute Gasteiger partial charge is 0.373 e. The highest BCUT2D eigenvalue weighted by atomic mass is 16.6. The number of carbonyl (C=O) groups excluding carboxylic acids is 1. The molecule has 0 spiro atoms. The molecule has 16 heavy (non-hydrogen) atoms. The lowest BCUT2D eigenvalue weighted by Crippen LogP contribution is -2.49. The van der Waals surface area contributed by atoms with Crippen LogP contribution in [0.4, 0.5) is 0 Å². The Balaban J connectivity index is 1.51. The maximum atomic E-state index is 11.7. The second-order valence-electron chi connectivity index (χ2n) is 5.11. The standard InChI is InChI=1S/C12H19NO3/c14-12(8-1-2-8)13-9-3-4-10-11(7-9)16-6-5-15-10/h8-11H,1-7H2,(H,13,14)/t9-,10+,11-/m1/s1. The minimum Gasteiger partial charge on any atom is -0.373 e. The van der Waals surface area contributed by atoms with Crippen molar-refractivity contribution in [3.8, 4) is 0 Å². The third-order valence-corrected chi connectivity index (χ3v) is 3.77. The molecule has 1 amide bonds. The molecule has 3 rings (SSSR count). The Morgan fingerprint density at radius 3 is 2.50 bits per heavy atom. The highest BCUT2D eigenvalue weighted by molar-refractivity contribution is 5.81. The molecule has 4 heteroatoms. The van der Waals surface area contributed by atoms with Gasteiger partial charge < -0.3 is 14.8 Å². The lowest BCUT2D eigenvalue weighted by molar-refractivity contribution is -0.158. The molecule has 4 nitrogen and oxygen atoms in total. The highest BCUT2D eigenvalue weighted by Gasteiger charge is 2.37. The van der Waals surface area contributed by atoms with E-state index in [-0.39, 0.29) is 18.1 Å². The van der Waals surface area contributed by atoms with E-state index in [4.69, 9.17) is 9.47 Å². The second-order valence-corrected chi connectivity index (χ2v) is 5.11. The maximum Gasteiger partial charge on any atom is 0.223 e. The van der Waals surface area contributed by atoms with Gasteiger partial charge in [-0.05, 0) is 32.1 Å². The Labute approximate surface area is 95.7 Å². The third-order valence-electron chi connectivity index (χ3n) is 3.77. The fraction of sp³-hybridized carbons (Fsp3) is 0.917. The minimum absolute atomic E-state index is 0.201. The van der Waals surface area contributed by atoms with Crippen molar-refractivity contribution in [1.82, 2.24) is 5.32 Å². The summed E-state index contributed by atoms with van der Waals surface area (Å²) in [6, 6.07) is 0.302. The van der Waals surface area contributed by atoms with Crippen LogP contribution in [0.5, 0.6) is 0 Å². The molecule has 3 fully saturated rings. The van der Waals surface area contributed by atoms with Crippen molar-refractivity contribution < 1.29 is 14.3 Å². The summed E-state index contributed by atoms with van der Waals surface area (Å²) >= 11 is 0. The first-order valence-corrected chi connectivity index (χ1v) is 6.36. The van der Waals surface area contributed by atoms with Gasteiger partial charge in [0.1, 0.15) is 0 Å². The molecule has 90 valence electrons. The zero-order valence-electron chi connectivity index (χ0n) is 9.48. The van der Waals surface area contributed by atoms with E-state index in [2.05, 4.69) is 5.32 Å². The molecule has 0 aromatic heterocycles. The summed E-state index contributed by atoms with van der Waals surface area (Å²) in [6.07, 6.45) is 5.58. The number of hydrogen-bond donors (Lipinski definition) is 1. The Morgan fingerprint density at radius 2 is 1.75 bits per heavy atom. The van der Waals surface area contributed by atoms with Crippen molar-refractivity contribution >= 4 is 5.91 Å². The molecule has 1 saturated heterocycles. The normalized spacial score (nSPS) is 38.9. The molecule has 3 atom stereocenters. The Morgan fingerprint density at radius 1 is 1.00 bits per heavy atom. The number of nitrogens with one attached hydrogen (secondary N) is 1. The van der Waals surface area contributed by atoms with Gasteiger partial charge in [0.05, 0.1) is 25.4 Å². The first kappa shape index (κ1) is 10.5. The number of amides is 1. The van der Waals surface area contributed by atoms with Gasteiger partial charge in [0.25, 0.3) is 0 Å². The van der Waals surface area contributed by atoms with Crippen LogP contribution in [0.1, 0.15) is 32.1 Å².